The Hall–Kier alpha value is -3.25. The fourth-order valence-electron chi connectivity index (χ4n) is 3.89. The Labute approximate surface area is 205 Å². The molecule has 4 aromatic rings. The number of para-hydroxylation sites is 2. The van der Waals surface area contributed by atoms with E-state index in [4.69, 9.17) is 34.8 Å². The van der Waals surface area contributed by atoms with Crippen LogP contribution in [-0.2, 0) is 6.54 Å². The highest BCUT2D eigenvalue weighted by molar-refractivity contribution is 6.38. The molecule has 0 aliphatic carbocycles. The molecule has 2 amide bonds. The first-order valence-electron chi connectivity index (χ1n) is 10.1. The number of benzene rings is 3. The molecular formula is C25H16Cl3N3O2. The summed E-state index contributed by atoms with van der Waals surface area (Å²) in [6, 6.07) is 22.9. The Morgan fingerprint density at radius 1 is 0.788 bits per heavy atom. The highest BCUT2D eigenvalue weighted by Crippen LogP contribution is 2.38. The summed E-state index contributed by atoms with van der Waals surface area (Å²) >= 11 is 19.3. The number of amides is 2. The molecule has 8 heteroatoms. The van der Waals surface area contributed by atoms with Crippen molar-refractivity contribution in [2.45, 2.75) is 6.54 Å². The molecule has 1 aromatic heterocycles. The van der Waals surface area contributed by atoms with Crippen molar-refractivity contribution in [2.24, 2.45) is 0 Å². The van der Waals surface area contributed by atoms with E-state index in [2.05, 4.69) is 5.32 Å². The molecular weight excluding hydrogens is 481 g/mol. The Morgan fingerprint density at radius 2 is 1.48 bits per heavy atom. The summed E-state index contributed by atoms with van der Waals surface area (Å²) in [7, 11) is 0. The minimum atomic E-state index is -0.324. The number of hydrogen-bond donors (Lipinski definition) is 1. The molecule has 5 rings (SSSR count). The lowest BCUT2D eigenvalue weighted by Gasteiger charge is -2.31. The molecule has 0 atom stereocenters. The SMILES string of the molecule is O=C(Nc1cc(Cl)c(C(=O)N2Cc3ccc(Cl)n3-c3ccccc32)cc1Cl)c1ccccc1. The lowest BCUT2D eigenvalue weighted by atomic mass is 10.1. The minimum absolute atomic E-state index is 0.184. The summed E-state index contributed by atoms with van der Waals surface area (Å²) in [5.41, 5.74) is 3.43. The summed E-state index contributed by atoms with van der Waals surface area (Å²) in [5.74, 6) is -0.630. The van der Waals surface area contributed by atoms with Gasteiger partial charge in [0.25, 0.3) is 11.8 Å². The molecule has 0 spiro atoms. The predicted octanol–water partition coefficient (Wildman–Crippen LogP) is 6.85. The van der Waals surface area contributed by atoms with Gasteiger partial charge in [-0.3, -0.25) is 9.59 Å². The molecule has 1 N–H and O–H groups in total. The molecule has 0 saturated heterocycles. The number of carbonyl (C=O) groups excluding carboxylic acids is 2. The summed E-state index contributed by atoms with van der Waals surface area (Å²) in [4.78, 5) is 27.7. The van der Waals surface area contributed by atoms with Gasteiger partial charge in [0.05, 0.1) is 39.2 Å². The largest absolute Gasteiger partial charge is 0.321 e. The highest BCUT2D eigenvalue weighted by Gasteiger charge is 2.29. The second-order valence-corrected chi connectivity index (χ2v) is 8.70. The molecule has 0 unspecified atom stereocenters. The molecule has 1 aliphatic heterocycles. The standard InChI is InChI=1S/C25H16Cl3N3O2/c26-18-13-20(29-24(32)15-6-2-1-3-7-15)19(27)12-17(18)25(33)30-14-16-10-11-23(28)31(16)22-9-5-4-8-21(22)30/h1-13H,14H2,(H,29,32). The normalized spacial score (nSPS) is 12.2. The number of anilines is 2. The summed E-state index contributed by atoms with van der Waals surface area (Å²) in [6.07, 6.45) is 0. The van der Waals surface area contributed by atoms with Crippen LogP contribution in [0.15, 0.2) is 78.9 Å². The quantitative estimate of drug-likeness (QED) is 0.337. The van der Waals surface area contributed by atoms with Gasteiger partial charge in [-0.15, -0.1) is 0 Å². The Morgan fingerprint density at radius 3 is 2.24 bits per heavy atom. The maximum atomic E-state index is 13.6. The smallest absolute Gasteiger partial charge is 0.260 e. The van der Waals surface area contributed by atoms with Gasteiger partial charge in [0, 0.05) is 11.3 Å². The van der Waals surface area contributed by atoms with E-state index in [0.29, 0.717) is 28.6 Å². The molecule has 5 nitrogen and oxygen atoms in total. The van der Waals surface area contributed by atoms with Crippen LogP contribution in [0, 0.1) is 0 Å². The van der Waals surface area contributed by atoms with Crippen molar-refractivity contribution in [1.29, 1.82) is 0 Å². The highest BCUT2D eigenvalue weighted by atomic mass is 35.5. The lowest BCUT2D eigenvalue weighted by molar-refractivity contribution is 0.0983. The van der Waals surface area contributed by atoms with Crippen molar-refractivity contribution in [3.05, 3.63) is 111 Å². The Balaban J connectivity index is 1.47. The maximum absolute atomic E-state index is 13.6. The molecule has 0 saturated carbocycles. The van der Waals surface area contributed by atoms with Crippen LogP contribution >= 0.6 is 34.8 Å². The van der Waals surface area contributed by atoms with E-state index < -0.39 is 0 Å². The zero-order chi connectivity index (χ0) is 23.1. The van der Waals surface area contributed by atoms with Gasteiger partial charge in [0.2, 0.25) is 0 Å². The molecule has 0 bridgehead atoms. The van der Waals surface area contributed by atoms with Gasteiger partial charge < -0.3 is 14.8 Å². The first-order chi connectivity index (χ1) is 15.9. The minimum Gasteiger partial charge on any atom is -0.321 e. The number of hydrogen-bond acceptors (Lipinski definition) is 2. The van der Waals surface area contributed by atoms with Crippen LogP contribution in [0.4, 0.5) is 11.4 Å². The van der Waals surface area contributed by atoms with E-state index in [1.54, 1.807) is 35.2 Å². The van der Waals surface area contributed by atoms with Gasteiger partial charge in [-0.1, -0.05) is 65.1 Å². The summed E-state index contributed by atoms with van der Waals surface area (Å²) in [5, 5.41) is 3.72. The number of nitrogens with zero attached hydrogens (tertiary/aromatic N) is 2. The van der Waals surface area contributed by atoms with Gasteiger partial charge in [-0.05, 0) is 48.5 Å². The van der Waals surface area contributed by atoms with Crippen molar-refractivity contribution < 1.29 is 9.59 Å². The molecule has 3 aromatic carbocycles. The van der Waals surface area contributed by atoms with Gasteiger partial charge >= 0.3 is 0 Å². The Kier molecular flexibility index (Phi) is 5.62. The van der Waals surface area contributed by atoms with Crippen LogP contribution < -0.4 is 10.2 Å². The maximum Gasteiger partial charge on any atom is 0.260 e. The average molecular weight is 497 g/mol. The third kappa shape index (κ3) is 3.89. The fraction of sp³-hybridized carbons (Fsp3) is 0.0400. The second kappa shape index (κ2) is 8.60. The predicted molar refractivity (Wildman–Crippen MR) is 132 cm³/mol. The second-order valence-electron chi connectivity index (χ2n) is 7.49. The van der Waals surface area contributed by atoms with Crippen molar-refractivity contribution in [3.8, 4) is 5.69 Å². The van der Waals surface area contributed by atoms with Crippen LogP contribution in [0.3, 0.4) is 0 Å². The van der Waals surface area contributed by atoms with Gasteiger partial charge in [0.15, 0.2) is 0 Å². The van der Waals surface area contributed by atoms with Gasteiger partial charge in [-0.25, -0.2) is 0 Å². The van der Waals surface area contributed by atoms with Crippen LogP contribution in [0.1, 0.15) is 26.4 Å². The van der Waals surface area contributed by atoms with Gasteiger partial charge in [-0.2, -0.15) is 0 Å². The van der Waals surface area contributed by atoms with Crippen LogP contribution in [0.2, 0.25) is 15.2 Å². The van der Waals surface area contributed by atoms with Crippen molar-refractivity contribution in [1.82, 2.24) is 4.57 Å². The van der Waals surface area contributed by atoms with E-state index in [-0.39, 0.29) is 27.4 Å². The number of rotatable bonds is 3. The number of nitrogens with one attached hydrogen (secondary N) is 1. The van der Waals surface area contributed by atoms with E-state index in [1.807, 2.05) is 41.0 Å². The summed E-state index contributed by atoms with van der Waals surface area (Å²) < 4.78 is 1.91. The van der Waals surface area contributed by atoms with E-state index in [0.717, 1.165) is 11.4 Å². The number of fused-ring (bicyclic) bond motifs is 3. The lowest BCUT2D eigenvalue weighted by Crippen LogP contribution is -2.35. The first-order valence-corrected chi connectivity index (χ1v) is 11.2. The monoisotopic (exact) mass is 495 g/mol. The molecule has 0 radical (unpaired) electrons. The van der Waals surface area contributed by atoms with Crippen molar-refractivity contribution >= 4 is 58.0 Å². The van der Waals surface area contributed by atoms with E-state index in [9.17, 15) is 9.59 Å². The zero-order valence-corrected chi connectivity index (χ0v) is 19.3. The van der Waals surface area contributed by atoms with E-state index >= 15 is 0 Å². The fourth-order valence-corrected chi connectivity index (χ4v) is 4.61. The average Bonchev–Trinajstić information content (AvgIpc) is 3.21. The number of carbonyl (C=O) groups is 2. The van der Waals surface area contributed by atoms with Crippen molar-refractivity contribution in [2.75, 3.05) is 10.2 Å². The molecule has 33 heavy (non-hydrogen) atoms. The molecule has 2 heterocycles. The zero-order valence-electron chi connectivity index (χ0n) is 17.1. The summed E-state index contributed by atoms with van der Waals surface area (Å²) in [6.45, 7) is 0.322. The number of halogens is 3. The third-order valence-electron chi connectivity index (χ3n) is 5.46. The third-order valence-corrected chi connectivity index (χ3v) is 6.38. The van der Waals surface area contributed by atoms with Crippen molar-refractivity contribution in [3.63, 3.8) is 0 Å². The van der Waals surface area contributed by atoms with Crippen LogP contribution in [-0.4, -0.2) is 16.4 Å². The van der Waals surface area contributed by atoms with Gasteiger partial charge in [0.1, 0.15) is 5.15 Å². The molecule has 1 aliphatic rings. The number of aromatic nitrogens is 1. The van der Waals surface area contributed by atoms with Crippen LogP contribution in [0.5, 0.6) is 0 Å². The Bertz CT molecular complexity index is 1400. The first kappa shape index (κ1) is 21.6. The molecule has 164 valence electrons. The van der Waals surface area contributed by atoms with Crippen LogP contribution in [0.25, 0.3) is 5.69 Å². The van der Waals surface area contributed by atoms with E-state index in [1.165, 1.54) is 12.1 Å². The topological polar surface area (TPSA) is 54.3 Å². The molecule has 0 fully saturated rings.